The molecule has 2 nitrogen and oxygen atoms in total. The van der Waals surface area contributed by atoms with E-state index < -0.39 is 11.8 Å². The number of hydrogen-bond donors (Lipinski definition) is 0. The molecule has 12 heavy (non-hydrogen) atoms. The number of halogens is 2. The maximum Gasteiger partial charge on any atom is 0.308 e. The van der Waals surface area contributed by atoms with Crippen LogP contribution >= 0.6 is 15.9 Å². The molecular formula is C8H6BrFO2. The third-order valence-electron chi connectivity index (χ3n) is 1.16. The molecule has 0 amide bonds. The zero-order valence-corrected chi connectivity index (χ0v) is 7.89. The topological polar surface area (TPSA) is 26.3 Å². The van der Waals surface area contributed by atoms with Crippen molar-refractivity contribution in [1.29, 1.82) is 0 Å². The van der Waals surface area contributed by atoms with Crippen LogP contribution in [-0.4, -0.2) is 5.97 Å². The molecule has 4 heteroatoms. The largest absolute Gasteiger partial charge is 0.422 e. The van der Waals surface area contributed by atoms with Crippen molar-refractivity contribution in [3.8, 4) is 5.75 Å². The number of hydrogen-bond acceptors (Lipinski definition) is 2. The van der Waals surface area contributed by atoms with Gasteiger partial charge < -0.3 is 4.74 Å². The number of ether oxygens (including phenoxy) is 1. The molecule has 0 spiro atoms. The summed E-state index contributed by atoms with van der Waals surface area (Å²) in [6, 6.07) is 4.34. The van der Waals surface area contributed by atoms with Crippen molar-refractivity contribution in [3.05, 3.63) is 28.5 Å². The van der Waals surface area contributed by atoms with Gasteiger partial charge in [-0.25, -0.2) is 4.39 Å². The van der Waals surface area contributed by atoms with Crippen LogP contribution in [-0.2, 0) is 4.79 Å². The van der Waals surface area contributed by atoms with Crippen LogP contribution in [0, 0.1) is 5.82 Å². The Morgan fingerprint density at radius 1 is 1.58 bits per heavy atom. The van der Waals surface area contributed by atoms with Crippen molar-refractivity contribution >= 4 is 21.9 Å². The first-order chi connectivity index (χ1) is 5.61. The second-order valence-corrected chi connectivity index (χ2v) is 3.00. The summed E-state index contributed by atoms with van der Waals surface area (Å²) in [4.78, 5) is 10.5. The summed E-state index contributed by atoms with van der Waals surface area (Å²) in [6.07, 6.45) is 0. The van der Waals surface area contributed by atoms with Gasteiger partial charge in [0.25, 0.3) is 0 Å². The van der Waals surface area contributed by atoms with Gasteiger partial charge in [-0.05, 0) is 28.1 Å². The van der Waals surface area contributed by atoms with E-state index in [2.05, 4.69) is 20.7 Å². The molecule has 0 radical (unpaired) electrons. The smallest absolute Gasteiger partial charge is 0.308 e. The molecule has 0 heterocycles. The lowest BCUT2D eigenvalue weighted by atomic mass is 10.3. The monoisotopic (exact) mass is 232 g/mol. The molecule has 0 fully saturated rings. The summed E-state index contributed by atoms with van der Waals surface area (Å²) < 4.78 is 17.9. The maximum absolute atomic E-state index is 12.9. The van der Waals surface area contributed by atoms with Crippen molar-refractivity contribution in [1.82, 2.24) is 0 Å². The van der Waals surface area contributed by atoms with Gasteiger partial charge in [0.05, 0.1) is 4.47 Å². The molecule has 1 aromatic rings. The third kappa shape index (κ3) is 2.04. The van der Waals surface area contributed by atoms with Crippen LogP contribution in [0.15, 0.2) is 22.7 Å². The molecule has 0 saturated carbocycles. The Labute approximate surface area is 77.5 Å². The number of esters is 1. The Morgan fingerprint density at radius 3 is 2.75 bits per heavy atom. The highest BCUT2D eigenvalue weighted by atomic mass is 79.9. The zero-order chi connectivity index (χ0) is 9.14. The highest BCUT2D eigenvalue weighted by molar-refractivity contribution is 9.10. The van der Waals surface area contributed by atoms with Crippen molar-refractivity contribution in [2.24, 2.45) is 0 Å². The highest BCUT2D eigenvalue weighted by Crippen LogP contribution is 2.27. The van der Waals surface area contributed by atoms with E-state index in [4.69, 9.17) is 0 Å². The minimum Gasteiger partial charge on any atom is -0.422 e. The SMILES string of the molecule is CC(=O)Oc1c(F)cccc1Br. The fraction of sp³-hybridized carbons (Fsp3) is 0.125. The fourth-order valence-electron chi connectivity index (χ4n) is 0.724. The van der Waals surface area contributed by atoms with Crippen molar-refractivity contribution < 1.29 is 13.9 Å². The summed E-state index contributed by atoms with van der Waals surface area (Å²) in [5.41, 5.74) is 0. The van der Waals surface area contributed by atoms with Crippen LogP contribution in [0.5, 0.6) is 5.75 Å². The molecule has 0 unspecified atom stereocenters. The van der Waals surface area contributed by atoms with Crippen LogP contribution in [0.25, 0.3) is 0 Å². The molecule has 0 bridgehead atoms. The van der Waals surface area contributed by atoms with E-state index in [0.29, 0.717) is 4.47 Å². The van der Waals surface area contributed by atoms with Gasteiger partial charge in [-0.2, -0.15) is 0 Å². The second-order valence-electron chi connectivity index (χ2n) is 2.14. The third-order valence-corrected chi connectivity index (χ3v) is 1.79. The first kappa shape index (κ1) is 9.19. The molecular weight excluding hydrogens is 227 g/mol. The van der Waals surface area contributed by atoms with E-state index in [0.717, 1.165) is 0 Å². The van der Waals surface area contributed by atoms with E-state index in [1.165, 1.54) is 19.1 Å². The summed E-state index contributed by atoms with van der Waals surface area (Å²) in [5, 5.41) is 0. The quantitative estimate of drug-likeness (QED) is 0.550. The summed E-state index contributed by atoms with van der Waals surface area (Å²) in [7, 11) is 0. The predicted molar refractivity (Wildman–Crippen MR) is 45.4 cm³/mol. The lowest BCUT2D eigenvalue weighted by Crippen LogP contribution is -2.03. The van der Waals surface area contributed by atoms with Crippen molar-refractivity contribution in [3.63, 3.8) is 0 Å². The Hall–Kier alpha value is -0.900. The summed E-state index contributed by atoms with van der Waals surface area (Å²) >= 11 is 3.06. The average molecular weight is 233 g/mol. The number of carbonyl (C=O) groups is 1. The molecule has 0 aromatic heterocycles. The molecule has 0 aliphatic rings. The zero-order valence-electron chi connectivity index (χ0n) is 6.30. The van der Waals surface area contributed by atoms with E-state index >= 15 is 0 Å². The van der Waals surface area contributed by atoms with Gasteiger partial charge in [0.15, 0.2) is 11.6 Å². The summed E-state index contributed by atoms with van der Waals surface area (Å²) in [6.45, 7) is 1.22. The number of carbonyl (C=O) groups excluding carboxylic acids is 1. The van der Waals surface area contributed by atoms with Crippen molar-refractivity contribution in [2.45, 2.75) is 6.92 Å². The maximum atomic E-state index is 12.9. The first-order valence-electron chi connectivity index (χ1n) is 3.23. The van der Waals surface area contributed by atoms with Crippen LogP contribution in [0.2, 0.25) is 0 Å². The highest BCUT2D eigenvalue weighted by Gasteiger charge is 2.08. The molecule has 0 saturated heterocycles. The van der Waals surface area contributed by atoms with E-state index in [1.807, 2.05) is 0 Å². The number of para-hydroxylation sites is 1. The minimum absolute atomic E-state index is 0.0648. The van der Waals surface area contributed by atoms with Gasteiger partial charge in [-0.3, -0.25) is 4.79 Å². The van der Waals surface area contributed by atoms with Crippen LogP contribution in [0.3, 0.4) is 0 Å². The van der Waals surface area contributed by atoms with Crippen LogP contribution in [0.1, 0.15) is 6.92 Å². The molecule has 0 N–H and O–H groups in total. The molecule has 0 atom stereocenters. The van der Waals surface area contributed by atoms with Gasteiger partial charge in [0.2, 0.25) is 0 Å². The predicted octanol–water partition coefficient (Wildman–Crippen LogP) is 2.51. The number of benzene rings is 1. The standard InChI is InChI=1S/C8H6BrFO2/c1-5(11)12-8-6(9)3-2-4-7(8)10/h2-4H,1H3. The molecule has 64 valence electrons. The lowest BCUT2D eigenvalue weighted by molar-refractivity contribution is -0.132. The molecule has 1 rings (SSSR count). The van der Waals surface area contributed by atoms with E-state index in [1.54, 1.807) is 6.07 Å². The first-order valence-corrected chi connectivity index (χ1v) is 4.03. The molecule has 0 aliphatic carbocycles. The van der Waals surface area contributed by atoms with Gasteiger partial charge >= 0.3 is 5.97 Å². The molecule has 1 aromatic carbocycles. The van der Waals surface area contributed by atoms with Gasteiger partial charge in [0, 0.05) is 6.92 Å². The van der Waals surface area contributed by atoms with E-state index in [-0.39, 0.29) is 5.75 Å². The Morgan fingerprint density at radius 2 is 2.25 bits per heavy atom. The fourth-order valence-corrected chi connectivity index (χ4v) is 1.15. The Balaban J connectivity index is 3.04. The minimum atomic E-state index is -0.556. The van der Waals surface area contributed by atoms with Gasteiger partial charge in [-0.15, -0.1) is 0 Å². The normalized spacial score (nSPS) is 9.58. The van der Waals surface area contributed by atoms with Gasteiger partial charge in [0.1, 0.15) is 0 Å². The lowest BCUT2D eigenvalue weighted by Gasteiger charge is -2.03. The van der Waals surface area contributed by atoms with E-state index in [9.17, 15) is 9.18 Å². The Kier molecular flexibility index (Phi) is 2.81. The van der Waals surface area contributed by atoms with Crippen molar-refractivity contribution in [2.75, 3.05) is 0 Å². The summed E-state index contributed by atoms with van der Waals surface area (Å²) in [5.74, 6) is -1.16. The number of rotatable bonds is 1. The second kappa shape index (κ2) is 3.67. The van der Waals surface area contributed by atoms with Crippen LogP contribution in [0.4, 0.5) is 4.39 Å². The Bertz CT molecular complexity index is 292. The average Bonchev–Trinajstić information content (AvgIpc) is 1.97. The molecule has 0 aliphatic heterocycles. The van der Waals surface area contributed by atoms with Gasteiger partial charge in [-0.1, -0.05) is 6.07 Å². The van der Waals surface area contributed by atoms with Crippen LogP contribution < -0.4 is 4.74 Å².